The van der Waals surface area contributed by atoms with Gasteiger partial charge in [0.25, 0.3) is 5.91 Å². The van der Waals surface area contributed by atoms with Crippen LogP contribution in [0.2, 0.25) is 0 Å². The molecule has 1 unspecified atom stereocenters. The average molecular weight is 408 g/mol. The Bertz CT molecular complexity index is 856. The molecule has 156 valence electrons. The van der Waals surface area contributed by atoms with Gasteiger partial charge < -0.3 is 15.4 Å². The predicted octanol–water partition coefficient (Wildman–Crippen LogP) is 4.85. The predicted molar refractivity (Wildman–Crippen MR) is 101 cm³/mol. The molecule has 3 rings (SSSR count). The Morgan fingerprint density at radius 1 is 1.14 bits per heavy atom. The summed E-state index contributed by atoms with van der Waals surface area (Å²) in [5, 5.41) is 11.8. The van der Waals surface area contributed by atoms with Gasteiger partial charge in [0.2, 0.25) is 0 Å². The molecule has 0 radical (unpaired) electrons. The van der Waals surface area contributed by atoms with Crippen LogP contribution in [0.5, 0.6) is 0 Å². The third-order valence-corrected chi connectivity index (χ3v) is 5.36. The first kappa shape index (κ1) is 21.0. The number of carbonyl (C=O) groups excluding carboxylic acids is 1. The second-order valence-electron chi connectivity index (χ2n) is 7.41. The average Bonchev–Trinajstić information content (AvgIpc) is 3.15. The molecule has 0 bridgehead atoms. The number of rotatable bonds is 6. The molecule has 1 atom stereocenters. The van der Waals surface area contributed by atoms with Gasteiger partial charge in [-0.05, 0) is 30.4 Å². The topological polar surface area (TPSA) is 82.2 Å². The molecule has 1 amide bonds. The van der Waals surface area contributed by atoms with E-state index >= 15 is 0 Å². The lowest BCUT2D eigenvalue weighted by Gasteiger charge is -2.30. The van der Waals surface area contributed by atoms with E-state index in [4.69, 9.17) is 0 Å². The number of halogens is 3. The van der Waals surface area contributed by atoms with Crippen molar-refractivity contribution in [3.8, 4) is 11.3 Å². The summed E-state index contributed by atoms with van der Waals surface area (Å²) in [4.78, 5) is 26.3. The normalized spacial score (nSPS) is 16.4. The van der Waals surface area contributed by atoms with Crippen LogP contribution in [-0.2, 0) is 11.0 Å². The zero-order valence-electron chi connectivity index (χ0n) is 15.8. The quantitative estimate of drug-likeness (QED) is 0.639. The van der Waals surface area contributed by atoms with Crippen molar-refractivity contribution in [1.82, 2.24) is 10.3 Å². The lowest BCUT2D eigenvalue weighted by atomic mass is 9.82. The van der Waals surface area contributed by atoms with E-state index in [9.17, 15) is 27.9 Å². The molecule has 1 fully saturated rings. The summed E-state index contributed by atoms with van der Waals surface area (Å²) in [6, 6.07) is 8.88. The van der Waals surface area contributed by atoms with Crippen LogP contribution in [0.1, 0.15) is 54.6 Å². The molecule has 29 heavy (non-hydrogen) atoms. The molecule has 1 heterocycles. The molecule has 0 saturated heterocycles. The molecule has 0 aliphatic heterocycles. The highest BCUT2D eigenvalue weighted by atomic mass is 19.4. The maximum absolute atomic E-state index is 13.5. The van der Waals surface area contributed by atoms with E-state index in [1.807, 2.05) is 0 Å². The van der Waals surface area contributed by atoms with E-state index in [-0.39, 0.29) is 18.0 Å². The molecule has 8 heteroatoms. The Hall–Kier alpha value is -2.77. The summed E-state index contributed by atoms with van der Waals surface area (Å²) in [5.41, 5.74) is -0.962. The Kier molecular flexibility index (Phi) is 6.30. The van der Waals surface area contributed by atoms with Crippen LogP contribution in [0, 0.1) is 5.92 Å². The van der Waals surface area contributed by atoms with Gasteiger partial charge in [-0.25, -0.2) is 0 Å². The van der Waals surface area contributed by atoms with Crippen molar-refractivity contribution in [3.63, 3.8) is 0 Å². The fraction of sp³-hybridized carbons (Fsp3) is 0.429. The Balaban J connectivity index is 1.89. The summed E-state index contributed by atoms with van der Waals surface area (Å²) in [6.07, 6.45) is -0.652. The number of aliphatic carboxylic acids is 1. The SMILES string of the molecule is O=C(O)CC(NC(=O)c1cc(-c2ccccc2)[nH]c1C(F)(F)F)C1CCCCC1. The van der Waals surface area contributed by atoms with Crippen molar-refractivity contribution in [2.45, 2.75) is 50.7 Å². The van der Waals surface area contributed by atoms with E-state index < -0.39 is 35.4 Å². The number of carbonyl (C=O) groups is 2. The third-order valence-electron chi connectivity index (χ3n) is 5.36. The molecule has 0 spiro atoms. The summed E-state index contributed by atoms with van der Waals surface area (Å²) in [7, 11) is 0. The maximum Gasteiger partial charge on any atom is 0.432 e. The van der Waals surface area contributed by atoms with Crippen LogP contribution in [0.15, 0.2) is 36.4 Å². The van der Waals surface area contributed by atoms with Gasteiger partial charge in [-0.2, -0.15) is 13.2 Å². The van der Waals surface area contributed by atoms with E-state index in [1.54, 1.807) is 30.3 Å². The number of benzene rings is 1. The molecule has 1 saturated carbocycles. The summed E-state index contributed by atoms with van der Waals surface area (Å²) >= 11 is 0. The smallest absolute Gasteiger partial charge is 0.432 e. The number of nitrogens with one attached hydrogen (secondary N) is 2. The van der Waals surface area contributed by atoms with E-state index in [0.29, 0.717) is 5.56 Å². The van der Waals surface area contributed by atoms with E-state index in [0.717, 1.165) is 32.1 Å². The zero-order valence-corrected chi connectivity index (χ0v) is 15.8. The highest BCUT2D eigenvalue weighted by molar-refractivity contribution is 5.97. The second kappa shape index (κ2) is 8.71. The lowest BCUT2D eigenvalue weighted by Crippen LogP contribution is -2.43. The van der Waals surface area contributed by atoms with Gasteiger partial charge in [-0.1, -0.05) is 49.6 Å². The standard InChI is InChI=1S/C21H23F3N2O3/c22-21(23,24)19-15(11-16(25-19)13-7-3-1-4-8-13)20(29)26-17(12-18(27)28)14-9-5-2-6-10-14/h1,3-4,7-8,11,14,17,25H,2,5-6,9-10,12H2,(H,26,29)(H,27,28). The molecule has 1 aliphatic rings. The van der Waals surface area contributed by atoms with Crippen LogP contribution in [0.3, 0.4) is 0 Å². The Labute approximate surface area is 166 Å². The summed E-state index contributed by atoms with van der Waals surface area (Å²) < 4.78 is 40.6. The number of amides is 1. The fourth-order valence-electron chi connectivity index (χ4n) is 3.94. The van der Waals surface area contributed by atoms with Gasteiger partial charge in [0.1, 0.15) is 5.69 Å². The van der Waals surface area contributed by atoms with Gasteiger partial charge in [-0.15, -0.1) is 0 Å². The number of alkyl halides is 3. The molecular formula is C21H23F3N2O3. The first-order chi connectivity index (χ1) is 13.8. The van der Waals surface area contributed by atoms with Gasteiger partial charge >= 0.3 is 12.1 Å². The number of H-pyrrole nitrogens is 1. The van der Waals surface area contributed by atoms with Gasteiger partial charge in [0.15, 0.2) is 0 Å². The van der Waals surface area contributed by atoms with Crippen molar-refractivity contribution in [1.29, 1.82) is 0 Å². The third kappa shape index (κ3) is 5.19. The summed E-state index contributed by atoms with van der Waals surface area (Å²) in [5.74, 6) is -2.05. The summed E-state index contributed by atoms with van der Waals surface area (Å²) in [6.45, 7) is 0. The number of aromatic amines is 1. The molecule has 3 N–H and O–H groups in total. The van der Waals surface area contributed by atoms with Crippen LogP contribution >= 0.6 is 0 Å². The number of aromatic nitrogens is 1. The molecule has 1 aromatic carbocycles. The van der Waals surface area contributed by atoms with Gasteiger partial charge in [0, 0.05) is 11.7 Å². The van der Waals surface area contributed by atoms with E-state index in [1.165, 1.54) is 6.07 Å². The van der Waals surface area contributed by atoms with Crippen molar-refractivity contribution >= 4 is 11.9 Å². The van der Waals surface area contributed by atoms with Gasteiger partial charge in [-0.3, -0.25) is 9.59 Å². The highest BCUT2D eigenvalue weighted by Gasteiger charge is 2.39. The second-order valence-corrected chi connectivity index (χ2v) is 7.41. The number of hydrogen-bond acceptors (Lipinski definition) is 2. The number of carboxylic acids is 1. The molecular weight excluding hydrogens is 385 g/mol. The Morgan fingerprint density at radius 3 is 2.38 bits per heavy atom. The zero-order chi connectivity index (χ0) is 21.0. The lowest BCUT2D eigenvalue weighted by molar-refractivity contribution is -0.141. The Morgan fingerprint density at radius 2 is 1.79 bits per heavy atom. The van der Waals surface area contributed by atoms with Crippen LogP contribution in [0.4, 0.5) is 13.2 Å². The largest absolute Gasteiger partial charge is 0.481 e. The molecule has 5 nitrogen and oxygen atoms in total. The highest BCUT2D eigenvalue weighted by Crippen LogP contribution is 2.35. The monoisotopic (exact) mass is 408 g/mol. The minimum Gasteiger partial charge on any atom is -0.481 e. The van der Waals surface area contributed by atoms with E-state index in [2.05, 4.69) is 10.3 Å². The first-order valence-corrected chi connectivity index (χ1v) is 9.64. The van der Waals surface area contributed by atoms with Crippen molar-refractivity contribution < 1.29 is 27.9 Å². The molecule has 1 aliphatic carbocycles. The minimum absolute atomic E-state index is 0.0503. The van der Waals surface area contributed by atoms with Crippen molar-refractivity contribution in [2.75, 3.05) is 0 Å². The van der Waals surface area contributed by atoms with Crippen molar-refractivity contribution in [2.24, 2.45) is 5.92 Å². The van der Waals surface area contributed by atoms with Crippen LogP contribution in [0.25, 0.3) is 11.3 Å². The molecule has 1 aromatic heterocycles. The first-order valence-electron chi connectivity index (χ1n) is 9.64. The van der Waals surface area contributed by atoms with Gasteiger partial charge in [0.05, 0.1) is 12.0 Å². The van der Waals surface area contributed by atoms with Crippen molar-refractivity contribution in [3.05, 3.63) is 47.7 Å². The maximum atomic E-state index is 13.5. The number of carboxylic acid groups (broad SMARTS) is 1. The number of hydrogen-bond donors (Lipinski definition) is 3. The molecule has 2 aromatic rings. The fourth-order valence-corrected chi connectivity index (χ4v) is 3.94. The van der Waals surface area contributed by atoms with Crippen LogP contribution < -0.4 is 5.32 Å². The minimum atomic E-state index is -4.74. The van der Waals surface area contributed by atoms with Crippen LogP contribution in [-0.4, -0.2) is 28.0 Å².